The van der Waals surface area contributed by atoms with Crippen molar-refractivity contribution in [1.29, 1.82) is 0 Å². The summed E-state index contributed by atoms with van der Waals surface area (Å²) < 4.78 is 0. The largest absolute Gasteiger partial charge is 0.396 e. The number of hydrogen-bond donors (Lipinski definition) is 3. The van der Waals surface area contributed by atoms with Crippen molar-refractivity contribution in [1.82, 2.24) is 15.1 Å². The molecule has 5 nitrogen and oxygen atoms in total. The maximum atomic E-state index is 9.25. The smallest absolute Gasteiger partial charge is 0.0542 e. The third-order valence-corrected chi connectivity index (χ3v) is 5.02. The lowest BCUT2D eigenvalue weighted by molar-refractivity contribution is 0.127. The zero-order valence-corrected chi connectivity index (χ0v) is 14.6. The van der Waals surface area contributed by atoms with Crippen LogP contribution in [0.3, 0.4) is 0 Å². The van der Waals surface area contributed by atoms with E-state index in [0.717, 1.165) is 43.9 Å². The molecule has 0 aliphatic carbocycles. The van der Waals surface area contributed by atoms with Gasteiger partial charge in [0, 0.05) is 30.1 Å². The van der Waals surface area contributed by atoms with Gasteiger partial charge >= 0.3 is 0 Å². The van der Waals surface area contributed by atoms with Gasteiger partial charge in [-0.1, -0.05) is 12.1 Å². The predicted molar refractivity (Wildman–Crippen MR) is 96.9 cm³/mol. The van der Waals surface area contributed by atoms with Gasteiger partial charge in [0.15, 0.2) is 0 Å². The van der Waals surface area contributed by atoms with Gasteiger partial charge in [0.1, 0.15) is 0 Å². The summed E-state index contributed by atoms with van der Waals surface area (Å²) in [7, 11) is 0. The number of aromatic amines is 1. The fourth-order valence-corrected chi connectivity index (χ4v) is 3.47. The van der Waals surface area contributed by atoms with Crippen LogP contribution in [0, 0.1) is 12.8 Å². The van der Waals surface area contributed by atoms with E-state index in [1.807, 2.05) is 13.1 Å². The van der Waals surface area contributed by atoms with Crippen LogP contribution < -0.4 is 5.32 Å². The van der Waals surface area contributed by atoms with Crippen LogP contribution in [0.2, 0.25) is 0 Å². The van der Waals surface area contributed by atoms with Crippen LogP contribution in [0.15, 0.2) is 30.5 Å². The van der Waals surface area contributed by atoms with Crippen molar-refractivity contribution in [2.75, 3.05) is 25.0 Å². The number of H-pyrrole nitrogens is 1. The SMILES string of the molecule is Cc1[nH]ncc1C(C)Nc1cccc(CN2CCC(CO)CC2)c1. The van der Waals surface area contributed by atoms with Crippen molar-refractivity contribution in [3.8, 4) is 0 Å². The standard InChI is InChI=1S/C19H28N4O/c1-14(19-11-20-22-15(19)2)21-18-5-3-4-17(10-18)12-23-8-6-16(13-24)7-9-23/h3-5,10-11,14,16,21,24H,6-9,12-13H2,1-2H3,(H,20,22). The van der Waals surface area contributed by atoms with E-state index in [1.165, 1.54) is 11.1 Å². The fraction of sp³-hybridized carbons (Fsp3) is 0.526. The molecule has 1 unspecified atom stereocenters. The maximum absolute atomic E-state index is 9.25. The molecule has 1 atom stereocenters. The van der Waals surface area contributed by atoms with Crippen LogP contribution in [0.1, 0.15) is 42.6 Å². The molecule has 2 heterocycles. The molecular weight excluding hydrogens is 300 g/mol. The van der Waals surface area contributed by atoms with Crippen LogP contribution in [-0.2, 0) is 6.54 Å². The average molecular weight is 328 g/mol. The molecule has 0 saturated carbocycles. The Balaban J connectivity index is 1.59. The summed E-state index contributed by atoms with van der Waals surface area (Å²) in [6, 6.07) is 8.89. The normalized spacial score (nSPS) is 17.8. The van der Waals surface area contributed by atoms with E-state index >= 15 is 0 Å². The highest BCUT2D eigenvalue weighted by molar-refractivity contribution is 5.47. The average Bonchev–Trinajstić information content (AvgIpc) is 3.02. The van der Waals surface area contributed by atoms with Crippen LogP contribution >= 0.6 is 0 Å². The van der Waals surface area contributed by atoms with Crippen LogP contribution in [0.4, 0.5) is 5.69 Å². The van der Waals surface area contributed by atoms with E-state index in [9.17, 15) is 5.11 Å². The summed E-state index contributed by atoms with van der Waals surface area (Å²) >= 11 is 0. The number of piperidine rings is 1. The highest BCUT2D eigenvalue weighted by Gasteiger charge is 2.18. The lowest BCUT2D eigenvalue weighted by Crippen LogP contribution is -2.34. The number of benzene rings is 1. The molecule has 1 aliphatic heterocycles. The minimum absolute atomic E-state index is 0.222. The Morgan fingerprint density at radius 2 is 2.17 bits per heavy atom. The van der Waals surface area contributed by atoms with Crippen molar-refractivity contribution in [3.05, 3.63) is 47.3 Å². The summed E-state index contributed by atoms with van der Waals surface area (Å²) in [5, 5.41) is 19.9. The fourth-order valence-electron chi connectivity index (χ4n) is 3.47. The van der Waals surface area contributed by atoms with Gasteiger partial charge in [-0.3, -0.25) is 10.00 Å². The molecule has 0 spiro atoms. The second kappa shape index (κ2) is 7.81. The summed E-state index contributed by atoms with van der Waals surface area (Å²) in [4.78, 5) is 2.48. The summed E-state index contributed by atoms with van der Waals surface area (Å²) in [6.07, 6.45) is 4.10. The Labute approximate surface area is 144 Å². The van der Waals surface area contributed by atoms with Gasteiger partial charge < -0.3 is 10.4 Å². The zero-order valence-electron chi connectivity index (χ0n) is 14.6. The summed E-state index contributed by atoms with van der Waals surface area (Å²) in [5.74, 6) is 0.494. The highest BCUT2D eigenvalue weighted by Crippen LogP contribution is 2.23. The molecule has 0 bridgehead atoms. The number of aliphatic hydroxyl groups excluding tert-OH is 1. The van der Waals surface area contributed by atoms with Crippen molar-refractivity contribution in [2.24, 2.45) is 5.92 Å². The second-order valence-corrected chi connectivity index (χ2v) is 6.92. The number of hydrogen-bond acceptors (Lipinski definition) is 4. The Bertz CT molecular complexity index is 646. The molecule has 2 aromatic rings. The second-order valence-electron chi connectivity index (χ2n) is 6.92. The number of nitrogens with one attached hydrogen (secondary N) is 2. The van der Waals surface area contributed by atoms with Gasteiger partial charge in [0.2, 0.25) is 0 Å². The first-order chi connectivity index (χ1) is 11.7. The van der Waals surface area contributed by atoms with Crippen LogP contribution in [0.5, 0.6) is 0 Å². The maximum Gasteiger partial charge on any atom is 0.0542 e. The Morgan fingerprint density at radius 3 is 2.83 bits per heavy atom. The molecule has 5 heteroatoms. The van der Waals surface area contributed by atoms with Gasteiger partial charge in [0.25, 0.3) is 0 Å². The highest BCUT2D eigenvalue weighted by atomic mass is 16.3. The molecule has 1 aromatic carbocycles. The number of aromatic nitrogens is 2. The van der Waals surface area contributed by atoms with Crippen molar-refractivity contribution >= 4 is 5.69 Å². The third-order valence-electron chi connectivity index (χ3n) is 5.02. The Hall–Kier alpha value is -1.85. The predicted octanol–water partition coefficient (Wildman–Crippen LogP) is 3.10. The lowest BCUT2D eigenvalue weighted by Gasteiger charge is -2.31. The molecule has 130 valence electrons. The number of nitrogens with zero attached hydrogens (tertiary/aromatic N) is 2. The minimum atomic E-state index is 0.222. The molecule has 0 radical (unpaired) electrons. The van der Waals surface area contributed by atoms with Gasteiger partial charge in [-0.25, -0.2) is 0 Å². The van der Waals surface area contributed by atoms with E-state index in [0.29, 0.717) is 12.5 Å². The Morgan fingerprint density at radius 1 is 1.38 bits per heavy atom. The zero-order chi connectivity index (χ0) is 16.9. The van der Waals surface area contributed by atoms with E-state index in [4.69, 9.17) is 0 Å². The minimum Gasteiger partial charge on any atom is -0.396 e. The molecular formula is C19H28N4O. The molecule has 1 saturated heterocycles. The number of aliphatic hydroxyl groups is 1. The third kappa shape index (κ3) is 4.16. The number of likely N-dealkylation sites (tertiary alicyclic amines) is 1. The molecule has 3 rings (SSSR count). The lowest BCUT2D eigenvalue weighted by atomic mass is 9.97. The van der Waals surface area contributed by atoms with E-state index < -0.39 is 0 Å². The molecule has 1 fully saturated rings. The molecule has 0 amide bonds. The van der Waals surface area contributed by atoms with Crippen molar-refractivity contribution in [3.63, 3.8) is 0 Å². The molecule has 24 heavy (non-hydrogen) atoms. The van der Waals surface area contributed by atoms with Gasteiger partial charge in [0.05, 0.1) is 12.2 Å². The quantitative estimate of drug-likeness (QED) is 0.762. The topological polar surface area (TPSA) is 64.2 Å². The van der Waals surface area contributed by atoms with Gasteiger partial charge in [-0.05, 0) is 63.4 Å². The molecule has 1 aromatic heterocycles. The van der Waals surface area contributed by atoms with Crippen molar-refractivity contribution < 1.29 is 5.11 Å². The Kier molecular flexibility index (Phi) is 5.53. The van der Waals surface area contributed by atoms with Gasteiger partial charge in [-0.15, -0.1) is 0 Å². The number of aryl methyl sites for hydroxylation is 1. The summed E-state index contributed by atoms with van der Waals surface area (Å²) in [6.45, 7) is 7.67. The first-order valence-electron chi connectivity index (χ1n) is 8.84. The number of rotatable bonds is 6. The monoisotopic (exact) mass is 328 g/mol. The number of anilines is 1. The summed E-state index contributed by atoms with van der Waals surface area (Å²) in [5.41, 5.74) is 4.79. The van der Waals surface area contributed by atoms with Crippen LogP contribution in [0.25, 0.3) is 0 Å². The van der Waals surface area contributed by atoms with Crippen LogP contribution in [-0.4, -0.2) is 39.9 Å². The van der Waals surface area contributed by atoms with E-state index in [-0.39, 0.29) is 6.04 Å². The molecule has 1 aliphatic rings. The first-order valence-corrected chi connectivity index (χ1v) is 8.84. The van der Waals surface area contributed by atoms with Crippen molar-refractivity contribution in [2.45, 2.75) is 39.3 Å². The van der Waals surface area contributed by atoms with E-state index in [1.54, 1.807) is 0 Å². The molecule has 3 N–H and O–H groups in total. The first kappa shape index (κ1) is 17.0. The van der Waals surface area contributed by atoms with E-state index in [2.05, 4.69) is 51.6 Å². The van der Waals surface area contributed by atoms with Gasteiger partial charge in [-0.2, -0.15) is 5.10 Å².